The van der Waals surface area contributed by atoms with E-state index in [1.165, 1.54) is 13.8 Å². The third-order valence-electron chi connectivity index (χ3n) is 3.40. The number of ether oxygens (including phenoxy) is 4. The summed E-state index contributed by atoms with van der Waals surface area (Å²) in [4.78, 5) is 22.1. The highest BCUT2D eigenvalue weighted by molar-refractivity contribution is 5.66. The van der Waals surface area contributed by atoms with Crippen LogP contribution < -0.4 is 0 Å². The normalized spacial score (nSPS) is 25.2. The maximum absolute atomic E-state index is 11.2. The molecule has 0 fully saturated rings. The molecule has 1 heterocycles. The molecule has 4 atom stereocenters. The average Bonchev–Trinajstić information content (AvgIpc) is 2.44. The summed E-state index contributed by atoms with van der Waals surface area (Å²) in [7, 11) is 0. The molecular formula is C17H28O6. The van der Waals surface area contributed by atoms with Gasteiger partial charge in [0.05, 0.1) is 6.10 Å². The Morgan fingerprint density at radius 1 is 1.09 bits per heavy atom. The summed E-state index contributed by atoms with van der Waals surface area (Å²) in [6.07, 6.45) is 3.81. The summed E-state index contributed by atoms with van der Waals surface area (Å²) in [5.41, 5.74) is 0. The SMILES string of the molecule is CC(=O)OC[C@H]1OC(OC(C)CCC(C)C)C=C[C@@H]1OC(C)=O. The molecule has 6 nitrogen and oxygen atoms in total. The molecule has 0 radical (unpaired) electrons. The van der Waals surface area contributed by atoms with Crippen molar-refractivity contribution in [3.05, 3.63) is 12.2 Å². The quantitative estimate of drug-likeness (QED) is 0.504. The van der Waals surface area contributed by atoms with Crippen LogP contribution in [0, 0.1) is 5.92 Å². The first-order valence-corrected chi connectivity index (χ1v) is 8.07. The Labute approximate surface area is 138 Å². The van der Waals surface area contributed by atoms with E-state index in [4.69, 9.17) is 18.9 Å². The van der Waals surface area contributed by atoms with Crippen molar-refractivity contribution < 1.29 is 28.5 Å². The number of hydrogen-bond acceptors (Lipinski definition) is 6. The third kappa shape index (κ3) is 8.13. The van der Waals surface area contributed by atoms with E-state index in [1.54, 1.807) is 12.2 Å². The monoisotopic (exact) mass is 328 g/mol. The van der Waals surface area contributed by atoms with Crippen LogP contribution in [-0.2, 0) is 28.5 Å². The summed E-state index contributed by atoms with van der Waals surface area (Å²) in [5.74, 6) is -0.206. The molecule has 0 bridgehead atoms. The molecule has 0 saturated carbocycles. The number of esters is 2. The van der Waals surface area contributed by atoms with Gasteiger partial charge in [0.15, 0.2) is 6.29 Å². The van der Waals surface area contributed by atoms with Gasteiger partial charge in [-0.15, -0.1) is 0 Å². The molecule has 2 unspecified atom stereocenters. The minimum Gasteiger partial charge on any atom is -0.463 e. The van der Waals surface area contributed by atoms with Gasteiger partial charge in [-0.25, -0.2) is 0 Å². The van der Waals surface area contributed by atoms with Gasteiger partial charge in [0, 0.05) is 13.8 Å². The van der Waals surface area contributed by atoms with Gasteiger partial charge in [-0.3, -0.25) is 9.59 Å². The van der Waals surface area contributed by atoms with Crippen LogP contribution in [0.1, 0.15) is 47.5 Å². The molecule has 132 valence electrons. The molecule has 0 amide bonds. The van der Waals surface area contributed by atoms with Crippen LogP contribution in [0.25, 0.3) is 0 Å². The third-order valence-corrected chi connectivity index (χ3v) is 3.40. The lowest BCUT2D eigenvalue weighted by molar-refractivity contribution is -0.208. The second kappa shape index (κ2) is 9.67. The Hall–Kier alpha value is -1.40. The van der Waals surface area contributed by atoms with Gasteiger partial charge >= 0.3 is 11.9 Å². The Bertz CT molecular complexity index is 417. The fraction of sp³-hybridized carbons (Fsp3) is 0.765. The highest BCUT2D eigenvalue weighted by atomic mass is 16.7. The van der Waals surface area contributed by atoms with Crippen LogP contribution in [0.5, 0.6) is 0 Å². The zero-order valence-electron chi connectivity index (χ0n) is 14.6. The van der Waals surface area contributed by atoms with E-state index in [1.807, 2.05) is 6.92 Å². The van der Waals surface area contributed by atoms with Crippen LogP contribution in [0.4, 0.5) is 0 Å². The maximum atomic E-state index is 11.2. The average molecular weight is 328 g/mol. The summed E-state index contributed by atoms with van der Waals surface area (Å²) >= 11 is 0. The van der Waals surface area contributed by atoms with Crippen molar-refractivity contribution >= 4 is 11.9 Å². The standard InChI is InChI=1S/C17H28O6/c1-11(2)6-7-12(3)21-17-9-8-15(22-14(5)19)16(23-17)10-20-13(4)18/h8-9,11-12,15-17H,6-7,10H2,1-5H3/t12?,15-,16+,17?/m0/s1. The molecule has 0 saturated heterocycles. The van der Waals surface area contributed by atoms with Crippen molar-refractivity contribution in [2.24, 2.45) is 5.92 Å². The minimum absolute atomic E-state index is 0.0118. The van der Waals surface area contributed by atoms with E-state index in [2.05, 4.69) is 13.8 Å². The van der Waals surface area contributed by atoms with Crippen molar-refractivity contribution in [1.29, 1.82) is 0 Å². The lowest BCUT2D eigenvalue weighted by Gasteiger charge is -2.32. The molecule has 0 aromatic heterocycles. The van der Waals surface area contributed by atoms with E-state index in [0.29, 0.717) is 5.92 Å². The fourth-order valence-electron chi connectivity index (χ4n) is 2.20. The van der Waals surface area contributed by atoms with Crippen LogP contribution >= 0.6 is 0 Å². The Kier molecular flexibility index (Phi) is 8.26. The molecule has 0 aliphatic carbocycles. The summed E-state index contributed by atoms with van der Waals surface area (Å²) < 4.78 is 21.8. The fourth-order valence-corrected chi connectivity index (χ4v) is 2.20. The first kappa shape index (κ1) is 19.6. The van der Waals surface area contributed by atoms with Crippen LogP contribution in [0.2, 0.25) is 0 Å². The van der Waals surface area contributed by atoms with Crippen molar-refractivity contribution in [3.63, 3.8) is 0 Å². The molecule has 0 aromatic carbocycles. The Balaban J connectivity index is 2.59. The Morgan fingerprint density at radius 3 is 2.35 bits per heavy atom. The predicted octanol–water partition coefficient (Wildman–Crippen LogP) is 2.60. The van der Waals surface area contributed by atoms with E-state index < -0.39 is 30.4 Å². The van der Waals surface area contributed by atoms with Gasteiger partial charge in [-0.1, -0.05) is 13.8 Å². The highest BCUT2D eigenvalue weighted by Crippen LogP contribution is 2.20. The highest BCUT2D eigenvalue weighted by Gasteiger charge is 2.31. The van der Waals surface area contributed by atoms with Gasteiger partial charge < -0.3 is 18.9 Å². The number of hydrogen-bond donors (Lipinski definition) is 0. The molecule has 6 heteroatoms. The van der Waals surface area contributed by atoms with Gasteiger partial charge in [0.1, 0.15) is 18.8 Å². The lowest BCUT2D eigenvalue weighted by Crippen LogP contribution is -2.42. The second-order valence-corrected chi connectivity index (χ2v) is 6.22. The van der Waals surface area contributed by atoms with Gasteiger partial charge in [0.25, 0.3) is 0 Å². The summed E-state index contributed by atoms with van der Waals surface area (Å²) in [6.45, 7) is 9.00. The largest absolute Gasteiger partial charge is 0.463 e. The van der Waals surface area contributed by atoms with E-state index in [0.717, 1.165) is 12.8 Å². The van der Waals surface area contributed by atoms with Crippen molar-refractivity contribution in [2.75, 3.05) is 6.61 Å². The Morgan fingerprint density at radius 2 is 1.78 bits per heavy atom. The zero-order valence-corrected chi connectivity index (χ0v) is 14.6. The second-order valence-electron chi connectivity index (χ2n) is 6.22. The molecule has 1 aliphatic heterocycles. The number of carbonyl (C=O) groups excluding carboxylic acids is 2. The first-order chi connectivity index (χ1) is 10.8. The van der Waals surface area contributed by atoms with E-state index in [9.17, 15) is 9.59 Å². The molecule has 23 heavy (non-hydrogen) atoms. The summed E-state index contributed by atoms with van der Waals surface area (Å²) in [6, 6.07) is 0. The smallest absolute Gasteiger partial charge is 0.303 e. The summed E-state index contributed by atoms with van der Waals surface area (Å²) in [5, 5.41) is 0. The van der Waals surface area contributed by atoms with Crippen molar-refractivity contribution in [3.8, 4) is 0 Å². The molecule has 0 spiro atoms. The van der Waals surface area contributed by atoms with Crippen molar-refractivity contribution in [2.45, 2.75) is 72.1 Å². The minimum atomic E-state index is -0.585. The van der Waals surface area contributed by atoms with Crippen LogP contribution in [0.15, 0.2) is 12.2 Å². The van der Waals surface area contributed by atoms with Gasteiger partial charge in [0.2, 0.25) is 0 Å². The molecule has 0 aromatic rings. The first-order valence-electron chi connectivity index (χ1n) is 8.07. The van der Waals surface area contributed by atoms with Gasteiger partial charge in [-0.2, -0.15) is 0 Å². The van der Waals surface area contributed by atoms with Crippen LogP contribution in [-0.4, -0.2) is 43.1 Å². The molecule has 1 rings (SSSR count). The lowest BCUT2D eigenvalue weighted by atomic mass is 10.1. The number of rotatable bonds is 8. The predicted molar refractivity (Wildman–Crippen MR) is 84.6 cm³/mol. The van der Waals surface area contributed by atoms with E-state index >= 15 is 0 Å². The van der Waals surface area contributed by atoms with Crippen LogP contribution in [0.3, 0.4) is 0 Å². The topological polar surface area (TPSA) is 71.1 Å². The molecular weight excluding hydrogens is 300 g/mol. The molecule has 0 N–H and O–H groups in total. The van der Waals surface area contributed by atoms with Crippen molar-refractivity contribution in [1.82, 2.24) is 0 Å². The zero-order chi connectivity index (χ0) is 17.4. The molecule has 1 aliphatic rings. The van der Waals surface area contributed by atoms with Gasteiger partial charge in [-0.05, 0) is 37.8 Å². The van der Waals surface area contributed by atoms with E-state index in [-0.39, 0.29) is 12.7 Å². The maximum Gasteiger partial charge on any atom is 0.303 e. The number of carbonyl (C=O) groups is 2.